The molecular formula is C11H19NO6S. The van der Waals surface area contributed by atoms with Gasteiger partial charge in [-0.15, -0.1) is 0 Å². The molecule has 7 nitrogen and oxygen atoms in total. The van der Waals surface area contributed by atoms with Crippen molar-refractivity contribution in [1.29, 1.82) is 0 Å². The van der Waals surface area contributed by atoms with Gasteiger partial charge in [0.05, 0.1) is 18.8 Å². The van der Waals surface area contributed by atoms with E-state index < -0.39 is 27.9 Å². The normalized spacial score (nSPS) is 21.0. The molecule has 0 aromatic heterocycles. The first-order valence-electron chi connectivity index (χ1n) is 6.14. The van der Waals surface area contributed by atoms with Crippen molar-refractivity contribution in [3.63, 3.8) is 0 Å². The van der Waals surface area contributed by atoms with Crippen LogP contribution in [-0.4, -0.2) is 55.7 Å². The van der Waals surface area contributed by atoms with Crippen molar-refractivity contribution in [2.75, 3.05) is 26.0 Å². The van der Waals surface area contributed by atoms with E-state index in [9.17, 15) is 18.0 Å². The molecule has 19 heavy (non-hydrogen) atoms. The second-order valence-corrected chi connectivity index (χ2v) is 6.62. The Labute approximate surface area is 112 Å². The summed E-state index contributed by atoms with van der Waals surface area (Å²) in [4.78, 5) is 21.8. The molecule has 1 atom stereocenters. The van der Waals surface area contributed by atoms with Gasteiger partial charge in [-0.1, -0.05) is 0 Å². The number of esters is 1. The quantitative estimate of drug-likeness (QED) is 0.695. The zero-order chi connectivity index (χ0) is 14.5. The van der Waals surface area contributed by atoms with E-state index >= 15 is 0 Å². The molecule has 1 unspecified atom stereocenters. The van der Waals surface area contributed by atoms with Crippen LogP contribution in [0.15, 0.2) is 0 Å². The summed E-state index contributed by atoms with van der Waals surface area (Å²) in [6.07, 6.45) is 1.14. The number of carbonyl (C=O) groups excluding carboxylic acids is 1. The van der Waals surface area contributed by atoms with Gasteiger partial charge in [0.2, 0.25) is 10.0 Å². The van der Waals surface area contributed by atoms with Gasteiger partial charge < -0.3 is 9.84 Å². The molecule has 8 heteroatoms. The standard InChI is InChI=1S/C11H19NO6S/c1-18-11(15)9-4-2-6-12(8-9)19(16,17)7-3-5-10(13)14/h9H,2-8H2,1H3,(H,13,14). The monoisotopic (exact) mass is 293 g/mol. The summed E-state index contributed by atoms with van der Waals surface area (Å²) in [5, 5.41) is 8.50. The number of hydrogen-bond acceptors (Lipinski definition) is 5. The highest BCUT2D eigenvalue weighted by Gasteiger charge is 2.32. The number of methoxy groups -OCH3 is 1. The molecule has 1 fully saturated rings. The fourth-order valence-corrected chi connectivity index (χ4v) is 3.67. The molecular weight excluding hydrogens is 274 g/mol. The van der Waals surface area contributed by atoms with Crippen LogP contribution in [0.5, 0.6) is 0 Å². The largest absolute Gasteiger partial charge is 0.481 e. The lowest BCUT2D eigenvalue weighted by atomic mass is 10.0. The first kappa shape index (κ1) is 15.9. The number of nitrogens with zero attached hydrogens (tertiary/aromatic N) is 1. The number of piperidine rings is 1. The van der Waals surface area contributed by atoms with Crippen LogP contribution in [0.2, 0.25) is 0 Å². The number of hydrogen-bond donors (Lipinski definition) is 1. The van der Waals surface area contributed by atoms with E-state index in [2.05, 4.69) is 4.74 Å². The molecule has 0 radical (unpaired) electrons. The van der Waals surface area contributed by atoms with Crippen LogP contribution in [0.1, 0.15) is 25.7 Å². The number of ether oxygens (including phenoxy) is 1. The summed E-state index contributed by atoms with van der Waals surface area (Å²) in [5.74, 6) is -2.03. The molecule has 1 saturated heterocycles. The fraction of sp³-hybridized carbons (Fsp3) is 0.818. The van der Waals surface area contributed by atoms with Gasteiger partial charge in [0, 0.05) is 19.5 Å². The highest BCUT2D eigenvalue weighted by atomic mass is 32.2. The topological polar surface area (TPSA) is 101 Å². The lowest BCUT2D eigenvalue weighted by Gasteiger charge is -2.30. The predicted octanol–water partition coefficient (Wildman–Crippen LogP) is 0.0660. The smallest absolute Gasteiger partial charge is 0.309 e. The molecule has 1 rings (SSSR count). The molecule has 1 N–H and O–H groups in total. The van der Waals surface area contributed by atoms with E-state index in [1.54, 1.807) is 0 Å². The SMILES string of the molecule is COC(=O)C1CCCN(S(=O)(=O)CCCC(=O)O)C1. The Morgan fingerprint density at radius 1 is 1.42 bits per heavy atom. The zero-order valence-electron chi connectivity index (χ0n) is 10.9. The Morgan fingerprint density at radius 2 is 2.11 bits per heavy atom. The zero-order valence-corrected chi connectivity index (χ0v) is 11.7. The van der Waals surface area contributed by atoms with Crippen molar-refractivity contribution in [1.82, 2.24) is 4.31 Å². The lowest BCUT2D eigenvalue weighted by Crippen LogP contribution is -2.43. The van der Waals surface area contributed by atoms with Gasteiger partial charge in [0.25, 0.3) is 0 Å². The van der Waals surface area contributed by atoms with Crippen molar-refractivity contribution in [3.05, 3.63) is 0 Å². The van der Waals surface area contributed by atoms with Crippen LogP contribution < -0.4 is 0 Å². The predicted molar refractivity (Wildman–Crippen MR) is 67.0 cm³/mol. The summed E-state index contributed by atoms with van der Waals surface area (Å²) < 4.78 is 29.9. The summed E-state index contributed by atoms with van der Waals surface area (Å²) in [5.41, 5.74) is 0. The first-order chi connectivity index (χ1) is 8.86. The van der Waals surface area contributed by atoms with E-state index in [0.717, 1.165) is 0 Å². The van der Waals surface area contributed by atoms with E-state index in [1.807, 2.05) is 0 Å². The number of rotatable bonds is 6. The summed E-state index contributed by atoms with van der Waals surface area (Å²) in [7, 11) is -2.21. The van der Waals surface area contributed by atoms with Gasteiger partial charge in [-0.2, -0.15) is 0 Å². The molecule has 1 aliphatic rings. The highest BCUT2D eigenvalue weighted by Crippen LogP contribution is 2.21. The third kappa shape index (κ3) is 4.79. The second-order valence-electron chi connectivity index (χ2n) is 4.53. The van der Waals surface area contributed by atoms with E-state index in [0.29, 0.717) is 19.4 Å². The molecule has 1 heterocycles. The third-order valence-corrected chi connectivity index (χ3v) is 5.03. The van der Waals surface area contributed by atoms with Gasteiger partial charge in [0.15, 0.2) is 0 Å². The maximum atomic E-state index is 12.0. The van der Waals surface area contributed by atoms with Crippen LogP contribution in [0.3, 0.4) is 0 Å². The van der Waals surface area contributed by atoms with Crippen molar-refractivity contribution < 1.29 is 27.9 Å². The molecule has 110 valence electrons. The minimum absolute atomic E-state index is 0.0804. The fourth-order valence-electron chi connectivity index (χ4n) is 2.09. The van der Waals surface area contributed by atoms with Crippen LogP contribution in [0.25, 0.3) is 0 Å². The van der Waals surface area contributed by atoms with Crippen molar-refractivity contribution >= 4 is 22.0 Å². The summed E-state index contributed by atoms with van der Waals surface area (Å²) >= 11 is 0. The van der Waals surface area contributed by atoms with Gasteiger partial charge in [0.1, 0.15) is 0 Å². The van der Waals surface area contributed by atoms with E-state index in [1.165, 1.54) is 11.4 Å². The number of carboxylic acid groups (broad SMARTS) is 1. The van der Waals surface area contributed by atoms with Gasteiger partial charge in [-0.3, -0.25) is 9.59 Å². The molecule has 0 aliphatic carbocycles. The number of carboxylic acids is 1. The molecule has 0 aromatic carbocycles. The first-order valence-corrected chi connectivity index (χ1v) is 7.75. The molecule has 0 bridgehead atoms. The van der Waals surface area contributed by atoms with Gasteiger partial charge >= 0.3 is 11.9 Å². The Balaban J connectivity index is 2.57. The van der Waals surface area contributed by atoms with Crippen LogP contribution in [0.4, 0.5) is 0 Å². The molecule has 0 aromatic rings. The maximum absolute atomic E-state index is 12.0. The Bertz CT molecular complexity index is 432. The molecule has 1 aliphatic heterocycles. The molecule has 0 spiro atoms. The van der Waals surface area contributed by atoms with Crippen LogP contribution in [-0.2, 0) is 24.3 Å². The minimum Gasteiger partial charge on any atom is -0.481 e. The third-order valence-electron chi connectivity index (χ3n) is 3.10. The minimum atomic E-state index is -3.49. The number of carbonyl (C=O) groups is 2. The van der Waals surface area contributed by atoms with Crippen molar-refractivity contribution in [3.8, 4) is 0 Å². The Hall–Kier alpha value is -1.15. The summed E-state index contributed by atoms with van der Waals surface area (Å²) in [6, 6.07) is 0. The Kier molecular flexibility index (Phi) is 5.74. The lowest BCUT2D eigenvalue weighted by molar-refractivity contribution is -0.146. The molecule has 0 amide bonds. The highest BCUT2D eigenvalue weighted by molar-refractivity contribution is 7.89. The maximum Gasteiger partial charge on any atom is 0.309 e. The van der Waals surface area contributed by atoms with Crippen molar-refractivity contribution in [2.24, 2.45) is 5.92 Å². The van der Waals surface area contributed by atoms with Gasteiger partial charge in [-0.25, -0.2) is 12.7 Å². The van der Waals surface area contributed by atoms with Crippen LogP contribution >= 0.6 is 0 Å². The van der Waals surface area contributed by atoms with E-state index in [-0.39, 0.29) is 25.1 Å². The summed E-state index contributed by atoms with van der Waals surface area (Å²) in [6.45, 7) is 0.505. The van der Waals surface area contributed by atoms with Crippen LogP contribution in [0, 0.1) is 5.92 Å². The second kappa shape index (κ2) is 6.85. The number of sulfonamides is 1. The average molecular weight is 293 g/mol. The van der Waals surface area contributed by atoms with Crippen molar-refractivity contribution in [2.45, 2.75) is 25.7 Å². The van der Waals surface area contributed by atoms with E-state index in [4.69, 9.17) is 5.11 Å². The molecule has 0 saturated carbocycles. The van der Waals surface area contributed by atoms with Gasteiger partial charge in [-0.05, 0) is 19.3 Å². The average Bonchev–Trinajstić information content (AvgIpc) is 2.37. The Morgan fingerprint density at radius 3 is 2.68 bits per heavy atom. The number of aliphatic carboxylic acids is 1.